The summed E-state index contributed by atoms with van der Waals surface area (Å²) in [6, 6.07) is 5.14. The van der Waals surface area contributed by atoms with Gasteiger partial charge in [0, 0.05) is 25.7 Å². The second-order valence-corrected chi connectivity index (χ2v) is 6.19. The molecule has 0 spiro atoms. The lowest BCUT2D eigenvalue weighted by molar-refractivity contribution is -0.904. The molecule has 1 aromatic carbocycles. The van der Waals surface area contributed by atoms with Gasteiger partial charge in [-0.3, -0.25) is 9.59 Å². The van der Waals surface area contributed by atoms with Crippen LogP contribution in [0.4, 0.5) is 5.69 Å². The van der Waals surface area contributed by atoms with Crippen molar-refractivity contribution >= 4 is 17.5 Å². The van der Waals surface area contributed by atoms with Crippen LogP contribution in [0.15, 0.2) is 18.2 Å². The number of amides is 2. The molecule has 2 amide bonds. The SMILES string of the molecule is CC[N+](C)(CC)CCNC(=O)c1ccc(N(C)C(C)=O)cc1OC. The molecule has 0 saturated heterocycles. The summed E-state index contributed by atoms with van der Waals surface area (Å²) in [4.78, 5) is 25.4. The lowest BCUT2D eigenvalue weighted by Gasteiger charge is -2.32. The number of ether oxygens (including phenoxy) is 1. The number of nitrogens with one attached hydrogen (secondary N) is 1. The number of hydrogen-bond acceptors (Lipinski definition) is 3. The molecule has 0 atom stereocenters. The molecule has 1 aromatic rings. The van der Waals surface area contributed by atoms with Gasteiger partial charge in [-0.05, 0) is 26.0 Å². The molecule has 6 heteroatoms. The van der Waals surface area contributed by atoms with E-state index >= 15 is 0 Å². The Labute approximate surface area is 145 Å². The van der Waals surface area contributed by atoms with Crippen LogP contribution in [0.3, 0.4) is 0 Å². The summed E-state index contributed by atoms with van der Waals surface area (Å²) < 4.78 is 6.24. The van der Waals surface area contributed by atoms with Crippen LogP contribution in [-0.4, -0.2) is 63.7 Å². The number of hydrogen-bond donors (Lipinski definition) is 1. The lowest BCUT2D eigenvalue weighted by Crippen LogP contribution is -2.48. The second kappa shape index (κ2) is 8.68. The zero-order valence-corrected chi connectivity index (χ0v) is 15.7. The molecule has 0 fully saturated rings. The molecule has 6 nitrogen and oxygen atoms in total. The van der Waals surface area contributed by atoms with Gasteiger partial charge in [-0.2, -0.15) is 0 Å². The Bertz CT molecular complexity index is 583. The molecule has 0 bridgehead atoms. The number of nitrogens with zero attached hydrogens (tertiary/aromatic N) is 2. The molecule has 134 valence electrons. The molecule has 24 heavy (non-hydrogen) atoms. The minimum Gasteiger partial charge on any atom is -0.496 e. The summed E-state index contributed by atoms with van der Waals surface area (Å²) in [5, 5.41) is 2.95. The van der Waals surface area contributed by atoms with E-state index in [1.807, 2.05) is 0 Å². The van der Waals surface area contributed by atoms with Crippen molar-refractivity contribution in [2.24, 2.45) is 0 Å². The van der Waals surface area contributed by atoms with Gasteiger partial charge in [0.25, 0.3) is 5.91 Å². The predicted molar refractivity (Wildman–Crippen MR) is 96.5 cm³/mol. The van der Waals surface area contributed by atoms with Crippen LogP contribution < -0.4 is 15.0 Å². The van der Waals surface area contributed by atoms with Crippen LogP contribution in [0.2, 0.25) is 0 Å². The van der Waals surface area contributed by atoms with Gasteiger partial charge in [0.1, 0.15) is 5.75 Å². The van der Waals surface area contributed by atoms with E-state index in [4.69, 9.17) is 4.74 Å². The van der Waals surface area contributed by atoms with E-state index in [1.165, 1.54) is 18.9 Å². The van der Waals surface area contributed by atoms with Crippen molar-refractivity contribution in [3.63, 3.8) is 0 Å². The Morgan fingerprint density at radius 1 is 1.25 bits per heavy atom. The molecule has 0 aliphatic heterocycles. The maximum atomic E-state index is 12.4. The van der Waals surface area contributed by atoms with Crippen molar-refractivity contribution in [3.05, 3.63) is 23.8 Å². The van der Waals surface area contributed by atoms with E-state index in [-0.39, 0.29) is 11.8 Å². The normalized spacial score (nSPS) is 11.1. The van der Waals surface area contributed by atoms with Crippen molar-refractivity contribution in [1.82, 2.24) is 5.32 Å². The third-order valence-corrected chi connectivity index (χ3v) is 4.75. The summed E-state index contributed by atoms with van der Waals surface area (Å²) in [5.74, 6) is 0.217. The average Bonchev–Trinajstić information content (AvgIpc) is 2.59. The van der Waals surface area contributed by atoms with Crippen LogP contribution in [0.5, 0.6) is 5.75 Å². The van der Waals surface area contributed by atoms with Crippen LogP contribution in [-0.2, 0) is 4.79 Å². The number of methoxy groups -OCH3 is 1. The molecule has 0 aromatic heterocycles. The number of anilines is 1. The van der Waals surface area contributed by atoms with Crippen molar-refractivity contribution < 1.29 is 18.8 Å². The maximum absolute atomic E-state index is 12.4. The van der Waals surface area contributed by atoms with Gasteiger partial charge in [-0.15, -0.1) is 0 Å². The number of rotatable bonds is 8. The van der Waals surface area contributed by atoms with Crippen LogP contribution in [0.1, 0.15) is 31.1 Å². The first-order chi connectivity index (χ1) is 11.3. The van der Waals surface area contributed by atoms with E-state index in [2.05, 4.69) is 26.2 Å². The molecule has 0 aliphatic rings. The number of carbonyl (C=O) groups excluding carboxylic acids is 2. The van der Waals surface area contributed by atoms with Gasteiger partial charge in [0.05, 0.1) is 45.9 Å². The number of likely N-dealkylation sites (N-methyl/N-ethyl adjacent to an activating group) is 1. The summed E-state index contributed by atoms with van der Waals surface area (Å²) in [6.45, 7) is 9.34. The van der Waals surface area contributed by atoms with Gasteiger partial charge in [0.15, 0.2) is 0 Å². The van der Waals surface area contributed by atoms with Crippen LogP contribution >= 0.6 is 0 Å². The number of benzene rings is 1. The number of quaternary nitrogens is 1. The molecule has 0 saturated carbocycles. The molecule has 1 rings (SSSR count). The first-order valence-electron chi connectivity index (χ1n) is 8.32. The second-order valence-electron chi connectivity index (χ2n) is 6.19. The molecule has 0 radical (unpaired) electrons. The third-order valence-electron chi connectivity index (χ3n) is 4.75. The Hall–Kier alpha value is -2.08. The van der Waals surface area contributed by atoms with E-state index < -0.39 is 0 Å². The highest BCUT2D eigenvalue weighted by molar-refractivity contribution is 5.98. The van der Waals surface area contributed by atoms with E-state index in [0.717, 1.165) is 24.1 Å². The molecule has 1 N–H and O–H groups in total. The lowest BCUT2D eigenvalue weighted by atomic mass is 10.1. The van der Waals surface area contributed by atoms with Crippen molar-refractivity contribution in [2.45, 2.75) is 20.8 Å². The Balaban J connectivity index is 2.82. The van der Waals surface area contributed by atoms with Crippen LogP contribution in [0.25, 0.3) is 0 Å². The zero-order valence-electron chi connectivity index (χ0n) is 15.7. The fourth-order valence-electron chi connectivity index (χ4n) is 2.33. The standard InChI is InChI=1S/C18H29N3O3/c1-7-21(5,8-2)12-11-19-18(23)16-10-9-15(13-17(16)24-6)20(4)14(3)22/h9-10,13H,7-8,11-12H2,1-6H3/p+1. The predicted octanol–water partition coefficient (Wildman–Crippen LogP) is 1.89. The topological polar surface area (TPSA) is 58.6 Å². The summed E-state index contributed by atoms with van der Waals surface area (Å²) in [7, 11) is 5.38. The highest BCUT2D eigenvalue weighted by Crippen LogP contribution is 2.25. The van der Waals surface area contributed by atoms with Gasteiger partial charge in [-0.25, -0.2) is 0 Å². The quantitative estimate of drug-likeness (QED) is 0.738. The Morgan fingerprint density at radius 2 is 1.88 bits per heavy atom. The summed E-state index contributed by atoms with van der Waals surface area (Å²) in [5.41, 5.74) is 1.16. The van der Waals surface area contributed by atoms with Gasteiger partial charge >= 0.3 is 0 Å². The first-order valence-corrected chi connectivity index (χ1v) is 8.32. The minimum atomic E-state index is -0.164. The molecule has 0 heterocycles. The van der Waals surface area contributed by atoms with Crippen molar-refractivity contribution in [1.29, 1.82) is 0 Å². The Kier molecular flexibility index (Phi) is 7.22. The zero-order chi connectivity index (χ0) is 18.3. The monoisotopic (exact) mass is 336 g/mol. The van der Waals surface area contributed by atoms with E-state index in [1.54, 1.807) is 25.2 Å². The molecule has 0 unspecified atom stereocenters. The Morgan fingerprint density at radius 3 is 2.38 bits per heavy atom. The van der Waals surface area contributed by atoms with Crippen LogP contribution in [0, 0.1) is 0 Å². The van der Waals surface area contributed by atoms with Gasteiger partial charge in [0.2, 0.25) is 5.91 Å². The largest absolute Gasteiger partial charge is 0.496 e. The first kappa shape index (κ1) is 20.0. The highest BCUT2D eigenvalue weighted by atomic mass is 16.5. The van der Waals surface area contributed by atoms with E-state index in [0.29, 0.717) is 23.5 Å². The average molecular weight is 336 g/mol. The number of carbonyl (C=O) groups is 2. The van der Waals surface area contributed by atoms with Crippen molar-refractivity contribution in [2.75, 3.05) is 52.3 Å². The van der Waals surface area contributed by atoms with Gasteiger partial charge in [-0.1, -0.05) is 0 Å². The smallest absolute Gasteiger partial charge is 0.255 e. The fourth-order valence-corrected chi connectivity index (χ4v) is 2.33. The molecule has 0 aliphatic carbocycles. The minimum absolute atomic E-state index is 0.0783. The van der Waals surface area contributed by atoms with Gasteiger partial charge < -0.3 is 19.4 Å². The molecular formula is C18H30N3O3+. The summed E-state index contributed by atoms with van der Waals surface area (Å²) in [6.07, 6.45) is 0. The molecular weight excluding hydrogens is 306 g/mol. The summed E-state index contributed by atoms with van der Waals surface area (Å²) >= 11 is 0. The fraction of sp³-hybridized carbons (Fsp3) is 0.556. The maximum Gasteiger partial charge on any atom is 0.255 e. The third kappa shape index (κ3) is 4.96. The van der Waals surface area contributed by atoms with E-state index in [9.17, 15) is 9.59 Å². The highest BCUT2D eigenvalue weighted by Gasteiger charge is 2.18. The van der Waals surface area contributed by atoms with Crippen molar-refractivity contribution in [3.8, 4) is 5.75 Å².